The third kappa shape index (κ3) is 2.07. The van der Waals surface area contributed by atoms with Crippen LogP contribution < -0.4 is 11.4 Å². The maximum atomic E-state index is 14.8. The van der Waals surface area contributed by atoms with Crippen molar-refractivity contribution in [3.8, 4) is 0 Å². The fourth-order valence-electron chi connectivity index (χ4n) is 2.37. The van der Waals surface area contributed by atoms with Gasteiger partial charge in [-0.25, -0.2) is 13.6 Å². The molecule has 2 rings (SSSR count). The Morgan fingerprint density at radius 2 is 2.30 bits per heavy atom. The van der Waals surface area contributed by atoms with Crippen molar-refractivity contribution in [1.82, 2.24) is 9.55 Å². The number of nitrogens with zero attached hydrogens (tertiary/aromatic N) is 2. The molecule has 0 aromatic carbocycles. The molecule has 0 radical (unpaired) electrons. The number of ether oxygens (including phenoxy) is 2. The van der Waals surface area contributed by atoms with Gasteiger partial charge in [0.2, 0.25) is 0 Å². The van der Waals surface area contributed by atoms with Gasteiger partial charge in [-0.1, -0.05) is 0 Å². The Balaban J connectivity index is 2.50. The van der Waals surface area contributed by atoms with Gasteiger partial charge in [-0.2, -0.15) is 4.98 Å². The first-order valence-electron chi connectivity index (χ1n) is 5.80. The number of rotatable bonds is 3. The number of alkyl halides is 2. The third-order valence-electron chi connectivity index (χ3n) is 3.25. The lowest BCUT2D eigenvalue weighted by atomic mass is 9.97. The summed E-state index contributed by atoms with van der Waals surface area (Å²) in [6.07, 6.45) is -2.19. The van der Waals surface area contributed by atoms with Crippen molar-refractivity contribution >= 4 is 5.82 Å². The van der Waals surface area contributed by atoms with E-state index in [4.69, 9.17) is 20.3 Å². The van der Waals surface area contributed by atoms with Crippen LogP contribution in [0.5, 0.6) is 0 Å². The number of nitrogen functional groups attached to an aromatic ring is 1. The van der Waals surface area contributed by atoms with E-state index >= 15 is 0 Å². The molecule has 20 heavy (non-hydrogen) atoms. The minimum absolute atomic E-state index is 0.0539. The van der Waals surface area contributed by atoms with Gasteiger partial charge in [0.1, 0.15) is 12.4 Å². The summed E-state index contributed by atoms with van der Waals surface area (Å²) in [6.45, 7) is -0.0930. The molecule has 0 spiro atoms. The van der Waals surface area contributed by atoms with Crippen LogP contribution in [-0.2, 0) is 9.47 Å². The maximum absolute atomic E-state index is 14.8. The molecule has 1 aromatic rings. The monoisotopic (exact) mass is 291 g/mol. The number of aromatic nitrogens is 2. The number of hydrogen-bond acceptors (Lipinski definition) is 6. The Hall–Kier alpha value is -1.58. The van der Waals surface area contributed by atoms with Gasteiger partial charge in [0, 0.05) is 13.3 Å². The summed E-state index contributed by atoms with van der Waals surface area (Å²) >= 11 is 0. The quantitative estimate of drug-likeness (QED) is 0.797. The van der Waals surface area contributed by atoms with Crippen molar-refractivity contribution in [2.75, 3.05) is 19.5 Å². The Morgan fingerprint density at radius 1 is 1.65 bits per heavy atom. The highest BCUT2D eigenvalue weighted by molar-refractivity contribution is 5.24. The third-order valence-corrected chi connectivity index (χ3v) is 3.25. The van der Waals surface area contributed by atoms with E-state index in [-0.39, 0.29) is 5.82 Å². The fraction of sp³-hybridized carbons (Fsp3) is 0.636. The molecule has 1 aliphatic heterocycles. The molecule has 1 aliphatic rings. The lowest BCUT2D eigenvalue weighted by molar-refractivity contribution is -0.212. The first kappa shape index (κ1) is 14.8. The van der Waals surface area contributed by atoms with Gasteiger partial charge in [-0.15, -0.1) is 0 Å². The minimum Gasteiger partial charge on any atom is -0.390 e. The first-order chi connectivity index (χ1) is 9.26. The summed E-state index contributed by atoms with van der Waals surface area (Å²) in [5.41, 5.74) is 2.04. The summed E-state index contributed by atoms with van der Waals surface area (Å²) in [6, 6.07) is 1.25. The van der Waals surface area contributed by atoms with Gasteiger partial charge in [0.25, 0.3) is 5.85 Å². The number of anilines is 1. The predicted molar refractivity (Wildman–Crippen MR) is 64.3 cm³/mol. The van der Waals surface area contributed by atoms with Gasteiger partial charge < -0.3 is 20.3 Å². The number of methoxy groups -OCH3 is 1. The zero-order valence-electron chi connectivity index (χ0n) is 10.9. The molecule has 1 saturated heterocycles. The highest BCUT2D eigenvalue weighted by Gasteiger charge is 2.65. The van der Waals surface area contributed by atoms with Crippen molar-refractivity contribution < 1.29 is 23.4 Å². The normalized spacial score (nSPS) is 37.2. The van der Waals surface area contributed by atoms with Crippen LogP contribution in [-0.4, -0.2) is 46.0 Å². The summed E-state index contributed by atoms with van der Waals surface area (Å²) < 4.78 is 39.5. The van der Waals surface area contributed by atoms with E-state index in [0.717, 1.165) is 24.8 Å². The van der Waals surface area contributed by atoms with Gasteiger partial charge in [-0.05, 0) is 13.0 Å². The van der Waals surface area contributed by atoms with Crippen LogP contribution >= 0.6 is 0 Å². The van der Waals surface area contributed by atoms with Crippen LogP contribution in [0, 0.1) is 0 Å². The van der Waals surface area contributed by atoms with E-state index < -0.39 is 36.2 Å². The Morgan fingerprint density at radius 3 is 2.75 bits per heavy atom. The highest BCUT2D eigenvalue weighted by Crippen LogP contribution is 2.48. The molecule has 0 saturated carbocycles. The largest absolute Gasteiger partial charge is 0.390 e. The van der Waals surface area contributed by atoms with Crippen LogP contribution in [0.3, 0.4) is 0 Å². The van der Waals surface area contributed by atoms with Crippen molar-refractivity contribution in [3.05, 3.63) is 22.7 Å². The molecule has 0 bridgehead atoms. The van der Waals surface area contributed by atoms with Crippen molar-refractivity contribution in [3.63, 3.8) is 0 Å². The first-order valence-corrected chi connectivity index (χ1v) is 5.80. The van der Waals surface area contributed by atoms with E-state index in [1.807, 2.05) is 0 Å². The van der Waals surface area contributed by atoms with E-state index in [1.54, 1.807) is 0 Å². The average molecular weight is 291 g/mol. The van der Waals surface area contributed by atoms with Crippen LogP contribution in [0.4, 0.5) is 14.6 Å². The zero-order valence-corrected chi connectivity index (χ0v) is 10.9. The van der Waals surface area contributed by atoms with E-state index in [0.29, 0.717) is 0 Å². The summed E-state index contributed by atoms with van der Waals surface area (Å²) in [5.74, 6) is -2.81. The zero-order chi connectivity index (χ0) is 15.1. The number of aliphatic hydroxyl groups is 1. The molecule has 3 N–H and O–H groups in total. The average Bonchev–Trinajstić information content (AvgIpc) is 2.57. The second-order valence-electron chi connectivity index (χ2n) is 4.72. The lowest BCUT2D eigenvalue weighted by Crippen LogP contribution is -2.48. The number of hydrogen-bond donors (Lipinski definition) is 2. The fourth-order valence-corrected chi connectivity index (χ4v) is 2.37. The molecule has 4 unspecified atom stereocenters. The van der Waals surface area contributed by atoms with Gasteiger partial charge in [0.15, 0.2) is 18.0 Å². The smallest absolute Gasteiger partial charge is 0.351 e. The Bertz CT molecular complexity index is 565. The minimum atomic E-state index is -2.76. The van der Waals surface area contributed by atoms with E-state index in [2.05, 4.69) is 4.98 Å². The number of nitrogens with two attached hydrogens (primary N) is 1. The molecule has 9 heteroatoms. The molecule has 1 fully saturated rings. The van der Waals surface area contributed by atoms with Crippen LogP contribution in [0.2, 0.25) is 0 Å². The Labute approximate surface area is 112 Å². The van der Waals surface area contributed by atoms with E-state index in [9.17, 15) is 13.6 Å². The molecular formula is C11H15F2N3O4. The Kier molecular flexibility index (Phi) is 3.53. The number of aliphatic hydroxyl groups excluding tert-OH is 1. The standard InChI is InChI=1S/C11H15F2N3O4/c1-10(12)7(19-2)11(13,5-17)20-8(10)16-4-3-6(14)15-9(16)18/h3-4,7-8,17H,5H2,1-2H3,(H2,14,15,18). The van der Waals surface area contributed by atoms with E-state index in [1.165, 1.54) is 6.07 Å². The highest BCUT2D eigenvalue weighted by atomic mass is 19.2. The molecule has 112 valence electrons. The molecule has 7 nitrogen and oxygen atoms in total. The lowest BCUT2D eigenvalue weighted by Gasteiger charge is -2.27. The molecule has 2 heterocycles. The second kappa shape index (κ2) is 4.76. The van der Waals surface area contributed by atoms with Crippen molar-refractivity contribution in [2.24, 2.45) is 0 Å². The summed E-state index contributed by atoms with van der Waals surface area (Å²) in [4.78, 5) is 15.1. The summed E-state index contributed by atoms with van der Waals surface area (Å²) in [5, 5.41) is 9.07. The molecule has 1 aromatic heterocycles. The van der Waals surface area contributed by atoms with Gasteiger partial charge >= 0.3 is 5.69 Å². The van der Waals surface area contributed by atoms with Crippen molar-refractivity contribution in [2.45, 2.75) is 30.8 Å². The van der Waals surface area contributed by atoms with Crippen molar-refractivity contribution in [1.29, 1.82) is 0 Å². The maximum Gasteiger partial charge on any atom is 0.351 e. The second-order valence-corrected chi connectivity index (χ2v) is 4.72. The van der Waals surface area contributed by atoms with Gasteiger partial charge in [-0.3, -0.25) is 4.57 Å². The van der Waals surface area contributed by atoms with Crippen LogP contribution in [0.25, 0.3) is 0 Å². The SMILES string of the molecule is COC1C(F)(CO)OC(n2ccc(N)nc2=O)C1(C)F. The predicted octanol–water partition coefficient (Wildman–Crippen LogP) is -0.244. The molecule has 0 amide bonds. The molecule has 4 atom stereocenters. The van der Waals surface area contributed by atoms with Crippen LogP contribution in [0.15, 0.2) is 17.1 Å². The van der Waals surface area contributed by atoms with Crippen LogP contribution in [0.1, 0.15) is 13.2 Å². The topological polar surface area (TPSA) is 99.6 Å². The summed E-state index contributed by atoms with van der Waals surface area (Å²) in [7, 11) is 1.09. The number of halogens is 2. The van der Waals surface area contributed by atoms with Gasteiger partial charge in [0.05, 0.1) is 0 Å². The molecule has 0 aliphatic carbocycles. The molecular weight excluding hydrogens is 276 g/mol.